The number of benzene rings is 1. The van der Waals surface area contributed by atoms with E-state index in [2.05, 4.69) is 0 Å². The van der Waals surface area contributed by atoms with Crippen LogP contribution in [0.5, 0.6) is 0 Å². The summed E-state index contributed by atoms with van der Waals surface area (Å²) in [4.78, 5) is 31.6. The zero-order chi connectivity index (χ0) is 16.8. The van der Waals surface area contributed by atoms with E-state index >= 15 is 0 Å². The third-order valence-corrected chi connectivity index (χ3v) is 3.52. The average Bonchev–Trinajstić information content (AvgIpc) is 2.46. The van der Waals surface area contributed by atoms with Crippen molar-refractivity contribution in [1.29, 1.82) is 0 Å². The van der Waals surface area contributed by atoms with Crippen LogP contribution < -0.4 is 0 Å². The molecule has 0 aliphatic carbocycles. The molecular weight excluding hydrogens is 280 g/mol. The third kappa shape index (κ3) is 5.48. The highest BCUT2D eigenvalue weighted by Gasteiger charge is 2.32. The normalized spacial score (nSPS) is 11.4. The maximum absolute atomic E-state index is 12.7. The number of hydrogen-bond acceptors (Lipinski definition) is 4. The van der Waals surface area contributed by atoms with Crippen LogP contribution in [-0.2, 0) is 21.0 Å². The average molecular weight is 306 g/mol. The molecular formula is C17H26N2O3. The first-order valence-electron chi connectivity index (χ1n) is 7.47. The number of hydroxylamine groups is 2. The van der Waals surface area contributed by atoms with Gasteiger partial charge in [-0.15, -0.1) is 0 Å². The first-order valence-corrected chi connectivity index (χ1v) is 7.47. The van der Waals surface area contributed by atoms with Gasteiger partial charge >= 0.3 is 5.97 Å². The summed E-state index contributed by atoms with van der Waals surface area (Å²) in [6.45, 7) is 6.04. The first kappa shape index (κ1) is 18.2. The van der Waals surface area contributed by atoms with Gasteiger partial charge < -0.3 is 4.84 Å². The van der Waals surface area contributed by atoms with Crippen molar-refractivity contribution in [3.05, 3.63) is 35.9 Å². The van der Waals surface area contributed by atoms with Crippen LogP contribution in [0.1, 0.15) is 32.8 Å². The van der Waals surface area contributed by atoms with Gasteiger partial charge in [0.25, 0.3) is 5.91 Å². The van der Waals surface area contributed by atoms with Crippen molar-refractivity contribution in [2.75, 3.05) is 20.6 Å². The van der Waals surface area contributed by atoms with Crippen LogP contribution in [0.3, 0.4) is 0 Å². The van der Waals surface area contributed by atoms with E-state index in [1.165, 1.54) is 5.06 Å². The van der Waals surface area contributed by atoms with Gasteiger partial charge in [0, 0.05) is 5.41 Å². The quantitative estimate of drug-likeness (QED) is 0.758. The molecule has 1 aromatic rings. The number of carbonyl (C=O) groups excluding carboxylic acids is 2. The Bertz CT molecular complexity index is 498. The number of likely N-dealkylation sites (N-methyl/N-ethyl adjacent to an activating group) is 1. The molecule has 122 valence electrons. The first-order chi connectivity index (χ1) is 10.3. The van der Waals surface area contributed by atoms with Gasteiger partial charge in [0.15, 0.2) is 0 Å². The fourth-order valence-corrected chi connectivity index (χ4v) is 1.79. The summed E-state index contributed by atoms with van der Waals surface area (Å²) in [7, 11) is 3.56. The van der Waals surface area contributed by atoms with Crippen molar-refractivity contribution < 1.29 is 14.4 Å². The molecule has 0 saturated heterocycles. The summed E-state index contributed by atoms with van der Waals surface area (Å²) >= 11 is 0. The van der Waals surface area contributed by atoms with Crippen LogP contribution in [0.15, 0.2) is 30.3 Å². The number of rotatable bonds is 6. The lowest BCUT2D eigenvalue weighted by Crippen LogP contribution is -2.42. The molecule has 1 amide bonds. The molecule has 0 radical (unpaired) electrons. The number of amides is 1. The highest BCUT2D eigenvalue weighted by molar-refractivity contribution is 5.83. The minimum absolute atomic E-state index is 0.130. The van der Waals surface area contributed by atoms with Gasteiger partial charge in [-0.25, -0.2) is 4.79 Å². The Labute approximate surface area is 132 Å². The number of hydrogen-bond donors (Lipinski definition) is 0. The Balaban J connectivity index is 2.90. The second-order valence-electron chi connectivity index (χ2n) is 6.27. The Morgan fingerprint density at radius 1 is 1.14 bits per heavy atom. The monoisotopic (exact) mass is 306 g/mol. The molecule has 5 nitrogen and oxygen atoms in total. The van der Waals surface area contributed by atoms with E-state index in [9.17, 15) is 9.59 Å². The molecule has 0 aliphatic heterocycles. The van der Waals surface area contributed by atoms with Gasteiger partial charge in [0.1, 0.15) is 0 Å². The lowest BCUT2D eigenvalue weighted by Gasteiger charge is -2.30. The van der Waals surface area contributed by atoms with Gasteiger partial charge in [0.05, 0.1) is 13.1 Å². The molecule has 0 saturated carbocycles. The van der Waals surface area contributed by atoms with Gasteiger partial charge in [-0.2, -0.15) is 5.06 Å². The molecule has 0 heterocycles. The molecule has 0 atom stereocenters. The van der Waals surface area contributed by atoms with Gasteiger partial charge in [-0.1, -0.05) is 51.1 Å². The van der Waals surface area contributed by atoms with E-state index in [4.69, 9.17) is 4.84 Å². The third-order valence-electron chi connectivity index (χ3n) is 3.52. The molecule has 0 bridgehead atoms. The van der Waals surface area contributed by atoms with Gasteiger partial charge in [0.2, 0.25) is 0 Å². The van der Waals surface area contributed by atoms with Crippen LogP contribution in [0.2, 0.25) is 0 Å². The van der Waals surface area contributed by atoms with E-state index in [1.54, 1.807) is 19.0 Å². The van der Waals surface area contributed by atoms with Crippen LogP contribution in [0, 0.1) is 5.41 Å². The topological polar surface area (TPSA) is 49.9 Å². The molecule has 0 spiro atoms. The Kier molecular flexibility index (Phi) is 6.56. The summed E-state index contributed by atoms with van der Waals surface area (Å²) < 4.78 is 0. The Morgan fingerprint density at radius 2 is 1.73 bits per heavy atom. The van der Waals surface area contributed by atoms with Crippen molar-refractivity contribution in [3.8, 4) is 0 Å². The van der Waals surface area contributed by atoms with E-state index in [1.807, 2.05) is 51.1 Å². The predicted octanol–water partition coefficient (Wildman–Crippen LogP) is 2.47. The van der Waals surface area contributed by atoms with Gasteiger partial charge in [-0.05, 0) is 26.1 Å². The standard InChI is InChI=1S/C17H26N2O3/c1-6-17(2,3)16(21)19(22-15(20)13-18(4)5)12-14-10-8-7-9-11-14/h7-11H,6,12-13H2,1-5H3. The molecule has 5 heteroatoms. The molecule has 0 aliphatic rings. The van der Waals surface area contributed by atoms with Crippen molar-refractivity contribution in [2.45, 2.75) is 33.7 Å². The second-order valence-corrected chi connectivity index (χ2v) is 6.27. The molecule has 0 fully saturated rings. The smallest absolute Gasteiger partial charge is 0.336 e. The maximum Gasteiger partial charge on any atom is 0.346 e. The van der Waals surface area contributed by atoms with Crippen molar-refractivity contribution in [1.82, 2.24) is 9.96 Å². The minimum Gasteiger partial charge on any atom is -0.336 e. The summed E-state index contributed by atoms with van der Waals surface area (Å²) in [6.07, 6.45) is 0.669. The summed E-state index contributed by atoms with van der Waals surface area (Å²) in [5.41, 5.74) is 0.341. The van der Waals surface area contributed by atoms with E-state index in [0.29, 0.717) is 6.42 Å². The van der Waals surface area contributed by atoms with Crippen molar-refractivity contribution in [3.63, 3.8) is 0 Å². The second kappa shape index (κ2) is 7.94. The van der Waals surface area contributed by atoms with Crippen LogP contribution in [0.25, 0.3) is 0 Å². The number of carbonyl (C=O) groups is 2. The van der Waals surface area contributed by atoms with Crippen molar-refractivity contribution in [2.24, 2.45) is 5.41 Å². The Morgan fingerprint density at radius 3 is 2.23 bits per heavy atom. The highest BCUT2D eigenvalue weighted by atomic mass is 16.7. The Hall–Kier alpha value is -1.88. The van der Waals surface area contributed by atoms with Crippen LogP contribution in [0.4, 0.5) is 0 Å². The van der Waals surface area contributed by atoms with E-state index in [0.717, 1.165) is 5.56 Å². The summed E-state index contributed by atoms with van der Waals surface area (Å²) in [6, 6.07) is 9.50. The summed E-state index contributed by atoms with van der Waals surface area (Å²) in [5, 5.41) is 1.19. The summed E-state index contributed by atoms with van der Waals surface area (Å²) in [5.74, 6) is -0.632. The molecule has 0 N–H and O–H groups in total. The lowest BCUT2D eigenvalue weighted by atomic mass is 9.89. The SMILES string of the molecule is CCC(C)(C)C(=O)N(Cc1ccccc1)OC(=O)CN(C)C. The fraction of sp³-hybridized carbons (Fsp3) is 0.529. The minimum atomic E-state index is -0.576. The zero-order valence-corrected chi connectivity index (χ0v) is 14.1. The van der Waals surface area contributed by atoms with Crippen LogP contribution in [-0.4, -0.2) is 42.5 Å². The maximum atomic E-state index is 12.7. The molecule has 1 rings (SSSR count). The fourth-order valence-electron chi connectivity index (χ4n) is 1.79. The highest BCUT2D eigenvalue weighted by Crippen LogP contribution is 2.24. The van der Waals surface area contributed by atoms with Crippen LogP contribution >= 0.6 is 0 Å². The lowest BCUT2D eigenvalue weighted by molar-refractivity contribution is -0.207. The number of nitrogens with zero attached hydrogens (tertiary/aromatic N) is 2. The molecule has 22 heavy (non-hydrogen) atoms. The largest absolute Gasteiger partial charge is 0.346 e. The van der Waals surface area contributed by atoms with E-state index < -0.39 is 11.4 Å². The van der Waals surface area contributed by atoms with Gasteiger partial charge in [-0.3, -0.25) is 9.69 Å². The molecule has 1 aromatic carbocycles. The zero-order valence-electron chi connectivity index (χ0n) is 14.1. The van der Waals surface area contributed by atoms with E-state index in [-0.39, 0.29) is 19.0 Å². The molecule has 0 aromatic heterocycles. The predicted molar refractivity (Wildman–Crippen MR) is 85.7 cm³/mol. The van der Waals surface area contributed by atoms with Crippen molar-refractivity contribution >= 4 is 11.9 Å². The molecule has 0 unspecified atom stereocenters.